The van der Waals surface area contributed by atoms with Crippen LogP contribution in [0.3, 0.4) is 0 Å². The fourth-order valence-corrected chi connectivity index (χ4v) is 3.44. The van der Waals surface area contributed by atoms with Gasteiger partial charge in [-0.2, -0.15) is 5.10 Å². The smallest absolute Gasteiger partial charge is 0.343 e. The van der Waals surface area contributed by atoms with Gasteiger partial charge in [0.25, 0.3) is 5.91 Å². The van der Waals surface area contributed by atoms with Gasteiger partial charge in [-0.25, -0.2) is 10.2 Å². The second kappa shape index (κ2) is 11.0. The van der Waals surface area contributed by atoms with Crippen LogP contribution in [0.5, 0.6) is 28.7 Å². The molecule has 9 nitrogen and oxygen atoms in total. The van der Waals surface area contributed by atoms with Crippen molar-refractivity contribution in [3.8, 4) is 28.7 Å². The minimum atomic E-state index is -0.587. The van der Waals surface area contributed by atoms with Gasteiger partial charge >= 0.3 is 5.97 Å². The first kappa shape index (κ1) is 24.2. The van der Waals surface area contributed by atoms with E-state index in [4.69, 9.17) is 46.9 Å². The third-order valence-electron chi connectivity index (χ3n) is 4.65. The molecule has 0 aromatic heterocycles. The monoisotopic (exact) mass is 516 g/mol. The van der Waals surface area contributed by atoms with E-state index in [2.05, 4.69) is 10.5 Å². The van der Waals surface area contributed by atoms with Gasteiger partial charge in [-0.05, 0) is 60.2 Å². The number of esters is 1. The molecule has 1 aliphatic heterocycles. The molecule has 0 fully saturated rings. The van der Waals surface area contributed by atoms with Crippen LogP contribution in [0.4, 0.5) is 0 Å². The fourth-order valence-electron chi connectivity index (χ4n) is 2.98. The van der Waals surface area contributed by atoms with E-state index in [9.17, 15) is 9.59 Å². The third kappa shape index (κ3) is 6.14. The minimum Gasteiger partial charge on any atom is -0.493 e. The molecule has 4 rings (SSSR count). The lowest BCUT2D eigenvalue weighted by Crippen LogP contribution is -2.24. The first-order valence-corrected chi connectivity index (χ1v) is 10.9. The first-order valence-electron chi connectivity index (χ1n) is 10.1. The molecule has 0 aliphatic carbocycles. The Bertz CT molecular complexity index is 1300. The summed E-state index contributed by atoms with van der Waals surface area (Å²) in [5.74, 6) is 0.798. The summed E-state index contributed by atoms with van der Waals surface area (Å²) < 4.78 is 26.7. The average molecular weight is 517 g/mol. The van der Waals surface area contributed by atoms with Gasteiger partial charge in [0.05, 0.1) is 23.9 Å². The number of methoxy groups -OCH3 is 1. The number of hydrogen-bond acceptors (Lipinski definition) is 8. The third-order valence-corrected chi connectivity index (χ3v) is 5.18. The Morgan fingerprint density at radius 3 is 2.60 bits per heavy atom. The van der Waals surface area contributed by atoms with Crippen LogP contribution in [0.15, 0.2) is 59.7 Å². The molecule has 1 heterocycles. The Morgan fingerprint density at radius 2 is 1.80 bits per heavy atom. The number of rotatable bonds is 8. The van der Waals surface area contributed by atoms with E-state index >= 15 is 0 Å². The van der Waals surface area contributed by atoms with Crippen LogP contribution in [0, 0.1) is 0 Å². The second-order valence-corrected chi connectivity index (χ2v) is 7.87. The van der Waals surface area contributed by atoms with Crippen LogP contribution >= 0.6 is 23.2 Å². The minimum absolute atomic E-state index is 0.106. The normalized spacial score (nSPS) is 11.9. The maximum absolute atomic E-state index is 12.5. The number of amides is 1. The maximum Gasteiger partial charge on any atom is 0.343 e. The number of halogens is 2. The molecular weight excluding hydrogens is 499 g/mol. The predicted molar refractivity (Wildman–Crippen MR) is 128 cm³/mol. The Hall–Kier alpha value is -3.95. The lowest BCUT2D eigenvalue weighted by Gasteiger charge is -2.10. The lowest BCUT2D eigenvalue weighted by atomic mass is 10.2. The number of benzene rings is 3. The number of carbonyl (C=O) groups excluding carboxylic acids is 2. The Morgan fingerprint density at radius 1 is 1.00 bits per heavy atom. The van der Waals surface area contributed by atoms with Crippen molar-refractivity contribution in [1.29, 1.82) is 0 Å². The molecule has 0 saturated carbocycles. The highest BCUT2D eigenvalue weighted by molar-refractivity contribution is 6.35. The number of fused-ring (bicyclic) bond motifs is 1. The highest BCUT2D eigenvalue weighted by atomic mass is 35.5. The van der Waals surface area contributed by atoms with Crippen LogP contribution in [0.1, 0.15) is 15.9 Å². The van der Waals surface area contributed by atoms with Gasteiger partial charge in [0.15, 0.2) is 29.6 Å². The van der Waals surface area contributed by atoms with E-state index in [1.807, 2.05) is 0 Å². The zero-order valence-electron chi connectivity index (χ0n) is 18.2. The molecule has 0 spiro atoms. The molecule has 3 aromatic carbocycles. The van der Waals surface area contributed by atoms with Crippen LogP contribution in [0.2, 0.25) is 10.0 Å². The van der Waals surface area contributed by atoms with Crippen molar-refractivity contribution >= 4 is 41.3 Å². The summed E-state index contributed by atoms with van der Waals surface area (Å²) >= 11 is 11.8. The second-order valence-electron chi connectivity index (χ2n) is 7.02. The zero-order chi connectivity index (χ0) is 24.8. The van der Waals surface area contributed by atoms with Gasteiger partial charge in [-0.15, -0.1) is 0 Å². The first-order chi connectivity index (χ1) is 16.9. The van der Waals surface area contributed by atoms with Crippen molar-refractivity contribution in [2.45, 2.75) is 0 Å². The van der Waals surface area contributed by atoms with Crippen molar-refractivity contribution in [2.75, 3.05) is 20.5 Å². The largest absolute Gasteiger partial charge is 0.493 e. The van der Waals surface area contributed by atoms with Crippen molar-refractivity contribution in [1.82, 2.24) is 5.43 Å². The van der Waals surface area contributed by atoms with E-state index < -0.39 is 11.9 Å². The van der Waals surface area contributed by atoms with Crippen LogP contribution in [-0.2, 0) is 4.79 Å². The summed E-state index contributed by atoms with van der Waals surface area (Å²) in [6, 6.07) is 14.2. The quantitative estimate of drug-likeness (QED) is 0.203. The molecule has 0 radical (unpaired) electrons. The molecule has 0 saturated heterocycles. The van der Waals surface area contributed by atoms with E-state index in [1.165, 1.54) is 19.4 Å². The van der Waals surface area contributed by atoms with Crippen LogP contribution in [-0.4, -0.2) is 38.6 Å². The molecule has 0 bridgehead atoms. The average Bonchev–Trinajstić information content (AvgIpc) is 3.32. The molecular formula is C24H18Cl2N2O7. The molecule has 180 valence electrons. The molecule has 0 unspecified atom stereocenters. The maximum atomic E-state index is 12.5. The Kier molecular flexibility index (Phi) is 7.59. The van der Waals surface area contributed by atoms with Crippen molar-refractivity contribution < 1.29 is 33.3 Å². The summed E-state index contributed by atoms with van der Waals surface area (Å²) in [4.78, 5) is 24.5. The molecule has 0 atom stereocenters. The number of hydrogen-bond donors (Lipinski definition) is 1. The fraction of sp³-hybridized carbons (Fsp3) is 0.125. The standard InChI is InChI=1S/C24H18Cl2N2O7/c1-31-21-8-14(11-27-28-23(29)12-32-18-7-4-16(25)10-17(18)26)2-5-20(21)35-24(30)15-3-6-19-22(9-15)34-13-33-19/h2-11H,12-13H2,1H3,(H,28,29). The van der Waals surface area contributed by atoms with Gasteiger partial charge in [0.1, 0.15) is 5.75 Å². The summed E-state index contributed by atoms with van der Waals surface area (Å²) in [6.07, 6.45) is 1.40. The SMILES string of the molecule is COc1cc(C=NNC(=O)COc2ccc(Cl)cc2Cl)ccc1OC(=O)c1ccc2c(c1)OCO2. The van der Waals surface area contributed by atoms with Gasteiger partial charge in [0.2, 0.25) is 6.79 Å². The van der Waals surface area contributed by atoms with E-state index in [0.29, 0.717) is 44.2 Å². The lowest BCUT2D eigenvalue weighted by molar-refractivity contribution is -0.123. The Labute approximate surface area is 210 Å². The number of carbonyl (C=O) groups is 2. The van der Waals surface area contributed by atoms with E-state index in [0.717, 1.165) is 0 Å². The van der Waals surface area contributed by atoms with Gasteiger partial charge in [-0.1, -0.05) is 23.2 Å². The zero-order valence-corrected chi connectivity index (χ0v) is 19.8. The number of hydrazone groups is 1. The van der Waals surface area contributed by atoms with Crippen molar-refractivity contribution in [2.24, 2.45) is 5.10 Å². The van der Waals surface area contributed by atoms with E-state index in [1.54, 1.807) is 48.5 Å². The van der Waals surface area contributed by atoms with Gasteiger partial charge < -0.3 is 23.7 Å². The summed E-state index contributed by atoms with van der Waals surface area (Å²) in [5.41, 5.74) is 3.23. The number of nitrogens with zero attached hydrogens (tertiary/aromatic N) is 1. The topological polar surface area (TPSA) is 105 Å². The predicted octanol–water partition coefficient (Wildman–Crippen LogP) is 4.48. The van der Waals surface area contributed by atoms with Gasteiger partial charge in [-0.3, -0.25) is 4.79 Å². The van der Waals surface area contributed by atoms with Crippen molar-refractivity contribution in [3.05, 3.63) is 75.8 Å². The Balaban J connectivity index is 1.33. The van der Waals surface area contributed by atoms with Crippen molar-refractivity contribution in [3.63, 3.8) is 0 Å². The highest BCUT2D eigenvalue weighted by Gasteiger charge is 2.18. The molecule has 1 N–H and O–H groups in total. The summed E-state index contributed by atoms with van der Waals surface area (Å²) in [5, 5.41) is 4.64. The van der Waals surface area contributed by atoms with Crippen LogP contribution < -0.4 is 29.1 Å². The molecule has 35 heavy (non-hydrogen) atoms. The molecule has 3 aromatic rings. The highest BCUT2D eigenvalue weighted by Crippen LogP contribution is 2.34. The molecule has 1 aliphatic rings. The van der Waals surface area contributed by atoms with E-state index in [-0.39, 0.29) is 19.1 Å². The molecule has 1 amide bonds. The number of nitrogens with one attached hydrogen (secondary N) is 1. The molecule has 11 heteroatoms. The van der Waals surface area contributed by atoms with Gasteiger partial charge in [0, 0.05) is 5.02 Å². The van der Waals surface area contributed by atoms with Crippen LogP contribution in [0.25, 0.3) is 0 Å². The number of ether oxygens (including phenoxy) is 5. The summed E-state index contributed by atoms with van der Waals surface area (Å²) in [7, 11) is 1.44. The summed E-state index contributed by atoms with van der Waals surface area (Å²) in [6.45, 7) is -0.189.